The van der Waals surface area contributed by atoms with Crippen LogP contribution in [-0.4, -0.2) is 67.7 Å². The number of carbonyl (C=O) groups is 1. The third-order valence-corrected chi connectivity index (χ3v) is 4.27. The van der Waals surface area contributed by atoms with Crippen LogP contribution >= 0.6 is 0 Å². The first kappa shape index (κ1) is 18.6. The van der Waals surface area contributed by atoms with Crippen molar-refractivity contribution in [2.45, 2.75) is 19.5 Å². The summed E-state index contributed by atoms with van der Waals surface area (Å²) in [5, 5.41) is 2.87. The molecule has 5 nitrogen and oxygen atoms in total. The van der Waals surface area contributed by atoms with Crippen LogP contribution in [0.3, 0.4) is 0 Å². The second-order valence-corrected chi connectivity index (χ2v) is 6.25. The Bertz CT molecular complexity index is 501. The van der Waals surface area contributed by atoms with Crippen LogP contribution < -0.4 is 5.32 Å². The number of carbonyl (C=O) groups excluding carboxylic acids is 1. The molecule has 0 aromatic heterocycles. The predicted molar refractivity (Wildman–Crippen MR) is 96.8 cm³/mol. The Morgan fingerprint density at radius 2 is 2.08 bits per heavy atom. The van der Waals surface area contributed by atoms with Gasteiger partial charge in [0.25, 0.3) is 0 Å². The normalized spacial score (nSPS) is 16.8. The zero-order chi connectivity index (χ0) is 17.2. The van der Waals surface area contributed by atoms with E-state index in [1.807, 2.05) is 18.2 Å². The molecule has 1 N–H and O–H groups in total. The van der Waals surface area contributed by atoms with Crippen LogP contribution in [0.2, 0.25) is 0 Å². The number of hydrogen-bond acceptors (Lipinski definition) is 4. The van der Waals surface area contributed by atoms with Gasteiger partial charge in [-0.2, -0.15) is 0 Å². The number of ether oxygens (including phenoxy) is 1. The molecule has 24 heavy (non-hydrogen) atoms. The van der Waals surface area contributed by atoms with E-state index in [4.69, 9.17) is 4.74 Å². The van der Waals surface area contributed by atoms with E-state index in [-0.39, 0.29) is 11.9 Å². The number of amides is 1. The quantitative estimate of drug-likeness (QED) is 0.697. The first-order valence-corrected chi connectivity index (χ1v) is 8.64. The van der Waals surface area contributed by atoms with Gasteiger partial charge < -0.3 is 10.1 Å². The number of nitrogens with zero attached hydrogens (tertiary/aromatic N) is 2. The van der Waals surface area contributed by atoms with E-state index in [1.54, 1.807) is 6.08 Å². The van der Waals surface area contributed by atoms with Crippen molar-refractivity contribution in [3.63, 3.8) is 0 Å². The summed E-state index contributed by atoms with van der Waals surface area (Å²) in [6, 6.07) is 10.6. The molecule has 0 spiro atoms. The molecule has 132 valence electrons. The molecule has 1 saturated heterocycles. The van der Waals surface area contributed by atoms with Crippen LogP contribution in [0.4, 0.5) is 0 Å². The van der Waals surface area contributed by atoms with Crippen LogP contribution in [-0.2, 0) is 16.1 Å². The van der Waals surface area contributed by atoms with Crippen molar-refractivity contribution in [1.29, 1.82) is 0 Å². The Morgan fingerprint density at radius 1 is 1.38 bits per heavy atom. The molecule has 1 heterocycles. The molecular formula is C19H29N3O2. The highest BCUT2D eigenvalue weighted by atomic mass is 16.5. The topological polar surface area (TPSA) is 44.8 Å². The predicted octanol–water partition coefficient (Wildman–Crippen LogP) is 1.51. The van der Waals surface area contributed by atoms with E-state index in [2.05, 4.69) is 40.8 Å². The fourth-order valence-electron chi connectivity index (χ4n) is 2.88. The second-order valence-electron chi connectivity index (χ2n) is 6.25. The fourth-order valence-corrected chi connectivity index (χ4v) is 2.88. The summed E-state index contributed by atoms with van der Waals surface area (Å²) in [5.41, 5.74) is 1.22. The van der Waals surface area contributed by atoms with E-state index in [9.17, 15) is 4.79 Å². The molecular weight excluding hydrogens is 302 g/mol. The molecule has 1 aromatic carbocycles. The minimum atomic E-state index is 0.0414. The molecule has 2 rings (SSSR count). The summed E-state index contributed by atoms with van der Waals surface area (Å²) in [6.45, 7) is 12.0. The lowest BCUT2D eigenvalue weighted by atomic mass is 10.1. The van der Waals surface area contributed by atoms with Crippen molar-refractivity contribution in [2.75, 3.05) is 45.9 Å². The molecule has 0 saturated carbocycles. The van der Waals surface area contributed by atoms with Crippen molar-refractivity contribution in [3.05, 3.63) is 48.6 Å². The van der Waals surface area contributed by atoms with E-state index in [0.717, 1.165) is 39.4 Å². The molecule has 1 aliphatic heterocycles. The summed E-state index contributed by atoms with van der Waals surface area (Å²) in [5.74, 6) is 0.0414. The lowest BCUT2D eigenvalue weighted by Gasteiger charge is -2.34. The molecule has 1 aromatic rings. The smallest absolute Gasteiger partial charge is 0.234 e. The number of benzene rings is 1. The van der Waals surface area contributed by atoms with Crippen molar-refractivity contribution >= 4 is 5.91 Å². The highest BCUT2D eigenvalue weighted by Crippen LogP contribution is 2.10. The van der Waals surface area contributed by atoms with Gasteiger partial charge in [-0.15, -0.1) is 6.58 Å². The first-order chi connectivity index (χ1) is 11.7. The Morgan fingerprint density at radius 3 is 2.75 bits per heavy atom. The van der Waals surface area contributed by atoms with Crippen LogP contribution in [0, 0.1) is 0 Å². The molecule has 1 fully saturated rings. The number of rotatable bonds is 9. The molecule has 5 heteroatoms. The highest BCUT2D eigenvalue weighted by molar-refractivity contribution is 5.78. The monoisotopic (exact) mass is 331 g/mol. The van der Waals surface area contributed by atoms with E-state index < -0.39 is 0 Å². The Balaban J connectivity index is 1.96. The van der Waals surface area contributed by atoms with Gasteiger partial charge >= 0.3 is 0 Å². The van der Waals surface area contributed by atoms with Gasteiger partial charge in [0.1, 0.15) is 0 Å². The largest absolute Gasteiger partial charge is 0.379 e. The maximum atomic E-state index is 12.2. The second kappa shape index (κ2) is 10.2. The zero-order valence-corrected chi connectivity index (χ0v) is 14.6. The average molecular weight is 331 g/mol. The standard InChI is InChI=1S/C19H29N3O2/c1-3-9-20-19(23)16-22(15-18-7-5-4-6-8-18)17(2)14-21-10-12-24-13-11-21/h3-8,17H,1,9-16H2,2H3,(H,20,23)/t17-/m0/s1. The van der Waals surface area contributed by atoms with Gasteiger partial charge in [-0.25, -0.2) is 0 Å². The van der Waals surface area contributed by atoms with Crippen molar-refractivity contribution < 1.29 is 9.53 Å². The van der Waals surface area contributed by atoms with Crippen LogP contribution in [0.1, 0.15) is 12.5 Å². The fraction of sp³-hybridized carbons (Fsp3) is 0.526. The van der Waals surface area contributed by atoms with E-state index >= 15 is 0 Å². The zero-order valence-electron chi connectivity index (χ0n) is 14.6. The van der Waals surface area contributed by atoms with E-state index in [1.165, 1.54) is 5.56 Å². The summed E-state index contributed by atoms with van der Waals surface area (Å²) in [7, 11) is 0. The minimum absolute atomic E-state index is 0.0414. The molecule has 0 aliphatic carbocycles. The van der Waals surface area contributed by atoms with Gasteiger partial charge in [-0.3, -0.25) is 14.6 Å². The highest BCUT2D eigenvalue weighted by Gasteiger charge is 2.21. The number of morpholine rings is 1. The minimum Gasteiger partial charge on any atom is -0.379 e. The third-order valence-electron chi connectivity index (χ3n) is 4.27. The van der Waals surface area contributed by atoms with Crippen LogP contribution in [0.25, 0.3) is 0 Å². The maximum absolute atomic E-state index is 12.2. The van der Waals surface area contributed by atoms with E-state index in [0.29, 0.717) is 13.1 Å². The van der Waals surface area contributed by atoms with Crippen LogP contribution in [0.5, 0.6) is 0 Å². The van der Waals surface area contributed by atoms with Gasteiger partial charge in [0.2, 0.25) is 5.91 Å². The molecule has 0 bridgehead atoms. The van der Waals surface area contributed by atoms with Gasteiger partial charge in [-0.05, 0) is 12.5 Å². The molecule has 1 amide bonds. The molecule has 0 radical (unpaired) electrons. The lowest BCUT2D eigenvalue weighted by molar-refractivity contribution is -0.122. The SMILES string of the molecule is C=CCNC(=O)CN(Cc1ccccc1)[C@@H](C)CN1CCOCC1. The maximum Gasteiger partial charge on any atom is 0.234 e. The summed E-state index contributed by atoms with van der Waals surface area (Å²) in [6.07, 6.45) is 1.70. The Kier molecular flexibility index (Phi) is 7.95. The number of hydrogen-bond donors (Lipinski definition) is 1. The first-order valence-electron chi connectivity index (χ1n) is 8.64. The third kappa shape index (κ3) is 6.43. The summed E-state index contributed by atoms with van der Waals surface area (Å²) in [4.78, 5) is 16.8. The molecule has 1 atom stereocenters. The average Bonchev–Trinajstić information content (AvgIpc) is 2.61. The van der Waals surface area contributed by atoms with Crippen molar-refractivity contribution in [2.24, 2.45) is 0 Å². The van der Waals surface area contributed by atoms with Crippen LogP contribution in [0.15, 0.2) is 43.0 Å². The van der Waals surface area contributed by atoms with Crippen molar-refractivity contribution in [1.82, 2.24) is 15.1 Å². The van der Waals surface area contributed by atoms with Gasteiger partial charge in [0.05, 0.1) is 19.8 Å². The molecule has 1 aliphatic rings. The van der Waals surface area contributed by atoms with Crippen molar-refractivity contribution in [3.8, 4) is 0 Å². The van der Waals surface area contributed by atoms with Gasteiger partial charge in [0, 0.05) is 38.8 Å². The lowest BCUT2D eigenvalue weighted by Crippen LogP contribution is -2.48. The summed E-state index contributed by atoms with van der Waals surface area (Å²) < 4.78 is 5.42. The Labute approximate surface area is 145 Å². The molecule has 0 unspecified atom stereocenters. The van der Waals surface area contributed by atoms with Gasteiger partial charge in [-0.1, -0.05) is 36.4 Å². The Hall–Kier alpha value is -1.69. The van der Waals surface area contributed by atoms with Gasteiger partial charge in [0.15, 0.2) is 0 Å². The summed E-state index contributed by atoms with van der Waals surface area (Å²) >= 11 is 0. The number of nitrogens with one attached hydrogen (secondary N) is 1.